The Labute approximate surface area is 192 Å². The van der Waals surface area contributed by atoms with Gasteiger partial charge in [-0.1, -0.05) is 94.5 Å². The zero-order chi connectivity index (χ0) is 21.7. The fraction of sp³-hybridized carbons (Fsp3) is 0.613. The van der Waals surface area contributed by atoms with Crippen LogP contribution in [0, 0.1) is 11.8 Å². The van der Waals surface area contributed by atoms with Crippen molar-refractivity contribution in [2.24, 2.45) is 11.8 Å². The van der Waals surface area contributed by atoms with Gasteiger partial charge in [0.05, 0.1) is 0 Å². The molecule has 1 fully saturated rings. The molecular weight excluding hydrogens is 372 g/mol. The van der Waals surface area contributed by atoms with Crippen molar-refractivity contribution in [3.63, 3.8) is 0 Å². The molecule has 0 aromatic heterocycles. The lowest BCUT2D eigenvalue weighted by Gasteiger charge is -2.28. The zero-order valence-electron chi connectivity index (χ0n) is 20.4. The summed E-state index contributed by atoms with van der Waals surface area (Å²) in [7, 11) is 0. The second kappa shape index (κ2) is 13.8. The predicted molar refractivity (Wildman–Crippen MR) is 137 cm³/mol. The number of unbranched alkanes of at least 4 members (excludes halogenated alkanes) is 5. The van der Waals surface area contributed by atoms with Crippen LogP contribution in [0.25, 0.3) is 0 Å². The van der Waals surface area contributed by atoms with Crippen LogP contribution >= 0.6 is 0 Å². The van der Waals surface area contributed by atoms with E-state index < -0.39 is 0 Å². The van der Waals surface area contributed by atoms with Crippen LogP contribution in [0.4, 0.5) is 0 Å². The molecule has 0 unspecified atom stereocenters. The molecule has 3 rings (SSSR count). The molecule has 0 heterocycles. The molecule has 31 heavy (non-hydrogen) atoms. The minimum atomic E-state index is 0.896. The molecule has 0 saturated heterocycles. The highest BCUT2D eigenvalue weighted by Crippen LogP contribution is 2.33. The maximum absolute atomic E-state index is 2.41. The van der Waals surface area contributed by atoms with Gasteiger partial charge in [0.25, 0.3) is 0 Å². The average molecular weight is 419 g/mol. The van der Waals surface area contributed by atoms with E-state index in [4.69, 9.17) is 0 Å². The number of hydrogen-bond donors (Lipinski definition) is 0. The van der Waals surface area contributed by atoms with Gasteiger partial charge in [-0.2, -0.15) is 0 Å². The standard InChI is InChI=1S/C31H46/c1-3-5-7-9-11-27-14-18-29(19-15-27)25-31-22-20-30(21-23-31)24-28-16-12-26(13-17-28)10-8-6-4-2/h12-19,30-31H,3-11,20-25H2,1-2H3. The molecule has 170 valence electrons. The first-order valence-corrected chi connectivity index (χ1v) is 13.4. The predicted octanol–water partition coefficient (Wildman–Crippen LogP) is 9.13. The van der Waals surface area contributed by atoms with Gasteiger partial charge in [-0.3, -0.25) is 0 Å². The summed E-state index contributed by atoms with van der Waals surface area (Å²) in [6.07, 6.45) is 20.2. The van der Waals surface area contributed by atoms with Gasteiger partial charge >= 0.3 is 0 Å². The third-order valence-electron chi connectivity index (χ3n) is 7.45. The van der Waals surface area contributed by atoms with E-state index in [1.807, 2.05) is 0 Å². The second-order valence-electron chi connectivity index (χ2n) is 10.2. The van der Waals surface area contributed by atoms with Crippen LogP contribution in [0.5, 0.6) is 0 Å². The normalized spacial score (nSPS) is 18.9. The molecule has 2 aromatic carbocycles. The van der Waals surface area contributed by atoms with Crippen molar-refractivity contribution < 1.29 is 0 Å². The molecule has 0 aliphatic heterocycles. The maximum Gasteiger partial charge on any atom is -0.0250 e. The van der Waals surface area contributed by atoms with E-state index >= 15 is 0 Å². The van der Waals surface area contributed by atoms with Gasteiger partial charge in [0.1, 0.15) is 0 Å². The maximum atomic E-state index is 2.41. The summed E-state index contributed by atoms with van der Waals surface area (Å²) in [6.45, 7) is 4.57. The van der Waals surface area contributed by atoms with Gasteiger partial charge in [0, 0.05) is 0 Å². The van der Waals surface area contributed by atoms with Crippen molar-refractivity contribution in [3.05, 3.63) is 70.8 Å². The molecule has 0 spiro atoms. The van der Waals surface area contributed by atoms with Crippen LogP contribution < -0.4 is 0 Å². The van der Waals surface area contributed by atoms with Gasteiger partial charge in [-0.15, -0.1) is 0 Å². The third-order valence-corrected chi connectivity index (χ3v) is 7.45. The van der Waals surface area contributed by atoms with Crippen molar-refractivity contribution in [2.45, 2.75) is 110 Å². The smallest absolute Gasteiger partial charge is 0.0250 e. The first-order chi connectivity index (χ1) is 15.3. The monoisotopic (exact) mass is 418 g/mol. The molecule has 0 atom stereocenters. The highest BCUT2D eigenvalue weighted by atomic mass is 14.3. The molecule has 1 aliphatic rings. The summed E-state index contributed by atoms with van der Waals surface area (Å²) in [6, 6.07) is 19.1. The lowest BCUT2D eigenvalue weighted by molar-refractivity contribution is 0.272. The molecule has 0 amide bonds. The number of rotatable bonds is 13. The quantitative estimate of drug-likeness (QED) is 0.284. The SMILES string of the molecule is CCCCCCc1ccc(CC2CCC(Cc3ccc(CCCCC)cc3)CC2)cc1. The van der Waals surface area contributed by atoms with Crippen LogP contribution in [-0.4, -0.2) is 0 Å². The van der Waals surface area contributed by atoms with Gasteiger partial charge in [0.15, 0.2) is 0 Å². The average Bonchev–Trinajstić information content (AvgIpc) is 2.80. The van der Waals surface area contributed by atoms with Crippen LogP contribution in [0.3, 0.4) is 0 Å². The summed E-state index contributed by atoms with van der Waals surface area (Å²) in [5, 5.41) is 0. The Hall–Kier alpha value is -1.56. The van der Waals surface area contributed by atoms with Crippen LogP contribution in [0.15, 0.2) is 48.5 Å². The van der Waals surface area contributed by atoms with Gasteiger partial charge < -0.3 is 0 Å². The fourth-order valence-corrected chi connectivity index (χ4v) is 5.33. The van der Waals surface area contributed by atoms with E-state index in [0.29, 0.717) is 0 Å². The van der Waals surface area contributed by atoms with Crippen molar-refractivity contribution in [3.8, 4) is 0 Å². The molecule has 1 saturated carbocycles. The van der Waals surface area contributed by atoms with Gasteiger partial charge in [0.2, 0.25) is 0 Å². The Morgan fingerprint density at radius 1 is 0.484 bits per heavy atom. The Bertz CT molecular complexity index is 701. The largest absolute Gasteiger partial charge is 0.0654 e. The highest BCUT2D eigenvalue weighted by Gasteiger charge is 2.21. The topological polar surface area (TPSA) is 0 Å². The van der Waals surface area contributed by atoms with E-state index in [0.717, 1.165) is 11.8 Å². The van der Waals surface area contributed by atoms with Crippen molar-refractivity contribution in [2.75, 3.05) is 0 Å². The summed E-state index contributed by atoms with van der Waals surface area (Å²) in [5.74, 6) is 1.79. The molecule has 0 heteroatoms. The van der Waals surface area contributed by atoms with E-state index in [9.17, 15) is 0 Å². The molecule has 0 N–H and O–H groups in total. The summed E-state index contributed by atoms with van der Waals surface area (Å²) >= 11 is 0. The first kappa shape index (κ1) is 24.1. The molecule has 0 bridgehead atoms. The minimum absolute atomic E-state index is 0.896. The Morgan fingerprint density at radius 3 is 1.26 bits per heavy atom. The number of aryl methyl sites for hydroxylation is 2. The van der Waals surface area contributed by atoms with E-state index in [1.165, 1.54) is 107 Å². The third kappa shape index (κ3) is 8.83. The molecule has 2 aromatic rings. The Balaban J connectivity index is 1.35. The molecule has 0 nitrogen and oxygen atoms in total. The molecule has 1 aliphatic carbocycles. The van der Waals surface area contributed by atoms with Crippen molar-refractivity contribution >= 4 is 0 Å². The second-order valence-corrected chi connectivity index (χ2v) is 10.2. The fourth-order valence-electron chi connectivity index (χ4n) is 5.33. The first-order valence-electron chi connectivity index (χ1n) is 13.4. The van der Waals surface area contributed by atoms with Gasteiger partial charge in [-0.05, 0) is 98.3 Å². The number of hydrogen-bond acceptors (Lipinski definition) is 0. The van der Waals surface area contributed by atoms with Crippen LogP contribution in [-0.2, 0) is 25.7 Å². The zero-order valence-corrected chi connectivity index (χ0v) is 20.4. The van der Waals surface area contributed by atoms with E-state index in [-0.39, 0.29) is 0 Å². The summed E-state index contributed by atoms with van der Waals surface area (Å²) < 4.78 is 0. The Morgan fingerprint density at radius 2 is 0.839 bits per heavy atom. The minimum Gasteiger partial charge on any atom is -0.0654 e. The molecular formula is C31H46. The van der Waals surface area contributed by atoms with Gasteiger partial charge in [-0.25, -0.2) is 0 Å². The highest BCUT2D eigenvalue weighted by molar-refractivity contribution is 5.24. The van der Waals surface area contributed by atoms with Crippen LogP contribution in [0.2, 0.25) is 0 Å². The van der Waals surface area contributed by atoms with Crippen molar-refractivity contribution in [1.29, 1.82) is 0 Å². The lowest BCUT2D eigenvalue weighted by Crippen LogP contribution is -2.18. The van der Waals surface area contributed by atoms with E-state index in [1.54, 1.807) is 11.1 Å². The van der Waals surface area contributed by atoms with Crippen molar-refractivity contribution in [1.82, 2.24) is 0 Å². The molecule has 0 radical (unpaired) electrons. The number of benzene rings is 2. The summed E-state index contributed by atoms with van der Waals surface area (Å²) in [5.41, 5.74) is 6.16. The van der Waals surface area contributed by atoms with Crippen LogP contribution in [0.1, 0.15) is 107 Å². The van der Waals surface area contributed by atoms with E-state index in [2.05, 4.69) is 62.4 Å². The Kier molecular flexibility index (Phi) is 10.7. The summed E-state index contributed by atoms with van der Waals surface area (Å²) in [4.78, 5) is 0. The lowest BCUT2D eigenvalue weighted by atomic mass is 9.77.